The van der Waals surface area contributed by atoms with Crippen LogP contribution in [-0.2, 0) is 4.79 Å². The number of carbonyl (C=O) groups excluding carboxylic acids is 1. The van der Waals surface area contributed by atoms with Gasteiger partial charge in [-0.3, -0.25) is 9.36 Å². The van der Waals surface area contributed by atoms with Crippen LogP contribution in [0.15, 0.2) is 87.5 Å². The maximum Gasteiger partial charge on any atom is 0.250 e. The first-order valence-electron chi connectivity index (χ1n) is 10.5. The minimum Gasteiger partial charge on any atom is -0.493 e. The number of amides is 1. The molecule has 0 bridgehead atoms. The third kappa shape index (κ3) is 6.09. The average molecular weight is 552 g/mol. The average Bonchev–Trinajstić information content (AvgIpc) is 3.32. The summed E-state index contributed by atoms with van der Waals surface area (Å²) in [5.74, 6) is 1.75. The molecule has 0 aliphatic rings. The topological polar surface area (TPSA) is 90.6 Å². The first-order valence-corrected chi connectivity index (χ1v) is 12.3. The van der Waals surface area contributed by atoms with E-state index in [4.69, 9.17) is 9.47 Å². The fourth-order valence-electron chi connectivity index (χ4n) is 3.23. The van der Waals surface area contributed by atoms with Crippen LogP contribution in [0.1, 0.15) is 5.56 Å². The summed E-state index contributed by atoms with van der Waals surface area (Å²) in [5, 5.41) is 13.4. The first kappa shape index (κ1) is 24.5. The Morgan fingerprint density at radius 2 is 1.77 bits per heavy atom. The molecule has 10 heteroatoms. The van der Waals surface area contributed by atoms with Crippen molar-refractivity contribution in [3.63, 3.8) is 0 Å². The highest BCUT2D eigenvalue weighted by atomic mass is 79.9. The van der Waals surface area contributed by atoms with E-state index in [9.17, 15) is 4.79 Å². The van der Waals surface area contributed by atoms with Crippen molar-refractivity contribution >= 4 is 39.8 Å². The Kier molecular flexibility index (Phi) is 8.17. The van der Waals surface area contributed by atoms with Gasteiger partial charge >= 0.3 is 0 Å². The van der Waals surface area contributed by atoms with Crippen molar-refractivity contribution in [3.05, 3.63) is 82.8 Å². The SMILES string of the molecule is COc1ccc(/C=N/NC(=O)CSc2nnc(-c3ccc(Br)cc3)n2-c2ccccc2)cc1OC. The Labute approximate surface area is 215 Å². The predicted octanol–water partition coefficient (Wildman–Crippen LogP) is 4.96. The van der Waals surface area contributed by atoms with E-state index in [1.807, 2.05) is 65.2 Å². The first-order chi connectivity index (χ1) is 17.1. The number of nitrogens with zero attached hydrogens (tertiary/aromatic N) is 4. The van der Waals surface area contributed by atoms with Crippen LogP contribution >= 0.6 is 27.7 Å². The molecular formula is C25H22BrN5O3S. The van der Waals surface area contributed by atoms with Crippen LogP contribution in [0.4, 0.5) is 0 Å². The van der Waals surface area contributed by atoms with Crippen LogP contribution in [0, 0.1) is 0 Å². The zero-order chi connectivity index (χ0) is 24.6. The smallest absolute Gasteiger partial charge is 0.250 e. The Morgan fingerprint density at radius 3 is 2.49 bits per heavy atom. The second-order valence-corrected chi connectivity index (χ2v) is 9.04. The van der Waals surface area contributed by atoms with E-state index >= 15 is 0 Å². The maximum atomic E-state index is 12.4. The molecule has 0 atom stereocenters. The number of thioether (sulfide) groups is 1. The van der Waals surface area contributed by atoms with Crippen molar-refractivity contribution in [2.45, 2.75) is 5.16 Å². The van der Waals surface area contributed by atoms with E-state index in [0.29, 0.717) is 22.5 Å². The lowest BCUT2D eigenvalue weighted by Gasteiger charge is -2.10. The Balaban J connectivity index is 1.46. The van der Waals surface area contributed by atoms with Gasteiger partial charge in [0.05, 0.1) is 26.2 Å². The molecule has 0 aliphatic carbocycles. The van der Waals surface area contributed by atoms with Gasteiger partial charge in [-0.15, -0.1) is 10.2 Å². The summed E-state index contributed by atoms with van der Waals surface area (Å²) >= 11 is 4.75. The van der Waals surface area contributed by atoms with E-state index in [-0.39, 0.29) is 11.7 Å². The minimum absolute atomic E-state index is 0.120. The molecular weight excluding hydrogens is 530 g/mol. The number of hydrogen-bond acceptors (Lipinski definition) is 7. The summed E-state index contributed by atoms with van der Waals surface area (Å²) in [6.45, 7) is 0. The second-order valence-electron chi connectivity index (χ2n) is 7.18. The van der Waals surface area contributed by atoms with Crippen LogP contribution in [-0.4, -0.2) is 46.9 Å². The number of rotatable bonds is 9. The van der Waals surface area contributed by atoms with Crippen LogP contribution in [0.5, 0.6) is 11.5 Å². The number of nitrogens with one attached hydrogen (secondary N) is 1. The van der Waals surface area contributed by atoms with Gasteiger partial charge in [-0.2, -0.15) is 5.10 Å². The number of hydrogen-bond donors (Lipinski definition) is 1. The molecule has 0 aliphatic heterocycles. The lowest BCUT2D eigenvalue weighted by Crippen LogP contribution is -2.20. The number of methoxy groups -OCH3 is 2. The lowest BCUT2D eigenvalue weighted by atomic mass is 10.2. The fraction of sp³-hybridized carbons (Fsp3) is 0.120. The second kappa shape index (κ2) is 11.7. The van der Waals surface area contributed by atoms with E-state index in [2.05, 4.69) is 36.7 Å². The number of para-hydroxylation sites is 1. The van der Waals surface area contributed by atoms with Crippen molar-refractivity contribution in [2.24, 2.45) is 5.10 Å². The van der Waals surface area contributed by atoms with Crippen LogP contribution in [0.2, 0.25) is 0 Å². The van der Waals surface area contributed by atoms with Gasteiger partial charge < -0.3 is 9.47 Å². The van der Waals surface area contributed by atoms with Crippen LogP contribution < -0.4 is 14.9 Å². The molecule has 0 fully saturated rings. The Hall–Kier alpha value is -3.63. The van der Waals surface area contributed by atoms with Crippen molar-refractivity contribution in [1.82, 2.24) is 20.2 Å². The zero-order valence-electron chi connectivity index (χ0n) is 19.0. The van der Waals surface area contributed by atoms with E-state index in [1.165, 1.54) is 11.8 Å². The van der Waals surface area contributed by atoms with Gasteiger partial charge in [0.25, 0.3) is 5.91 Å². The quantitative estimate of drug-likeness (QED) is 0.180. The molecule has 4 rings (SSSR count). The fourth-order valence-corrected chi connectivity index (χ4v) is 4.24. The molecule has 1 heterocycles. The molecule has 3 aromatic carbocycles. The van der Waals surface area contributed by atoms with Crippen LogP contribution in [0.25, 0.3) is 17.1 Å². The van der Waals surface area contributed by atoms with E-state index in [1.54, 1.807) is 32.6 Å². The van der Waals surface area contributed by atoms with Crippen molar-refractivity contribution in [3.8, 4) is 28.6 Å². The number of hydrazone groups is 1. The molecule has 1 aromatic heterocycles. The normalized spacial score (nSPS) is 10.9. The molecule has 0 radical (unpaired) electrons. The van der Waals surface area contributed by atoms with E-state index < -0.39 is 0 Å². The summed E-state index contributed by atoms with van der Waals surface area (Å²) in [4.78, 5) is 12.4. The molecule has 35 heavy (non-hydrogen) atoms. The number of ether oxygens (including phenoxy) is 2. The minimum atomic E-state index is -0.264. The zero-order valence-corrected chi connectivity index (χ0v) is 21.4. The summed E-state index contributed by atoms with van der Waals surface area (Å²) < 4.78 is 13.4. The molecule has 0 spiro atoms. The third-order valence-electron chi connectivity index (χ3n) is 4.89. The summed E-state index contributed by atoms with van der Waals surface area (Å²) in [5.41, 5.74) is 5.13. The molecule has 0 saturated carbocycles. The number of aromatic nitrogens is 3. The summed E-state index contributed by atoms with van der Waals surface area (Å²) in [7, 11) is 3.14. The summed E-state index contributed by atoms with van der Waals surface area (Å²) in [6.07, 6.45) is 1.54. The van der Waals surface area contributed by atoms with Crippen molar-refractivity contribution in [2.75, 3.05) is 20.0 Å². The highest BCUT2D eigenvalue weighted by Gasteiger charge is 2.17. The van der Waals surface area contributed by atoms with Gasteiger partial charge in [-0.25, -0.2) is 5.43 Å². The van der Waals surface area contributed by atoms with Crippen molar-refractivity contribution < 1.29 is 14.3 Å². The molecule has 0 saturated heterocycles. The van der Waals surface area contributed by atoms with Gasteiger partial charge in [-0.1, -0.05) is 58.0 Å². The Morgan fingerprint density at radius 1 is 1.03 bits per heavy atom. The highest BCUT2D eigenvalue weighted by molar-refractivity contribution is 9.10. The molecule has 4 aromatic rings. The monoisotopic (exact) mass is 551 g/mol. The molecule has 0 unspecified atom stereocenters. The highest BCUT2D eigenvalue weighted by Crippen LogP contribution is 2.29. The van der Waals surface area contributed by atoms with Gasteiger partial charge in [-0.05, 0) is 48.0 Å². The largest absolute Gasteiger partial charge is 0.493 e. The van der Waals surface area contributed by atoms with Crippen molar-refractivity contribution in [1.29, 1.82) is 0 Å². The van der Waals surface area contributed by atoms with Gasteiger partial charge in [0.1, 0.15) is 0 Å². The van der Waals surface area contributed by atoms with E-state index in [0.717, 1.165) is 21.3 Å². The number of carbonyl (C=O) groups is 1. The third-order valence-corrected chi connectivity index (χ3v) is 6.35. The predicted molar refractivity (Wildman–Crippen MR) is 141 cm³/mol. The van der Waals surface area contributed by atoms with Gasteiger partial charge in [0.2, 0.25) is 0 Å². The lowest BCUT2D eigenvalue weighted by molar-refractivity contribution is -0.118. The molecule has 8 nitrogen and oxygen atoms in total. The van der Waals surface area contributed by atoms with Gasteiger partial charge in [0.15, 0.2) is 22.5 Å². The molecule has 1 N–H and O–H groups in total. The summed E-state index contributed by atoms with van der Waals surface area (Å²) in [6, 6.07) is 23.0. The Bertz CT molecular complexity index is 1330. The molecule has 178 valence electrons. The maximum absolute atomic E-state index is 12.4. The van der Waals surface area contributed by atoms with Gasteiger partial charge in [0, 0.05) is 15.7 Å². The standard InChI is InChI=1S/C25H22BrN5O3S/c1-33-21-13-8-17(14-22(21)34-2)15-27-28-23(32)16-35-25-30-29-24(18-9-11-19(26)12-10-18)31(25)20-6-4-3-5-7-20/h3-15H,16H2,1-2H3,(H,28,32)/b27-15+. The van der Waals surface area contributed by atoms with Crippen LogP contribution in [0.3, 0.4) is 0 Å². The number of halogens is 1. The number of benzene rings is 3. The molecule has 1 amide bonds.